The molecule has 4 N–H and O–H groups in total. The fourth-order valence-corrected chi connectivity index (χ4v) is 2.41. The molecule has 1 saturated heterocycles. The first-order chi connectivity index (χ1) is 9.99. The Kier molecular flexibility index (Phi) is 4.82. The number of carbonyl (C=O) groups is 1. The van der Waals surface area contributed by atoms with Crippen molar-refractivity contribution in [2.24, 2.45) is 11.6 Å². The van der Waals surface area contributed by atoms with Crippen molar-refractivity contribution in [3.8, 4) is 0 Å². The molecule has 1 heterocycles. The van der Waals surface area contributed by atoms with Gasteiger partial charge in [-0.2, -0.15) is 0 Å². The average Bonchev–Trinajstić information content (AvgIpc) is 2.97. The van der Waals surface area contributed by atoms with Crippen molar-refractivity contribution in [2.75, 3.05) is 32.2 Å². The molecule has 1 aromatic carbocycles. The summed E-state index contributed by atoms with van der Waals surface area (Å²) in [5, 5.41) is 1.37. The van der Waals surface area contributed by atoms with E-state index in [-0.39, 0.29) is 11.6 Å². The van der Waals surface area contributed by atoms with Crippen LogP contribution >= 0.6 is 0 Å². The predicted octanol–water partition coefficient (Wildman–Crippen LogP) is 0.329. The van der Waals surface area contributed by atoms with E-state index in [1.54, 1.807) is 4.90 Å². The molecule has 1 unspecified atom stereocenters. The quantitative estimate of drug-likeness (QED) is 0.474. The second-order valence-electron chi connectivity index (χ2n) is 5.48. The van der Waals surface area contributed by atoms with E-state index >= 15 is 0 Å². The van der Waals surface area contributed by atoms with E-state index in [9.17, 15) is 4.79 Å². The first kappa shape index (κ1) is 15.3. The minimum Gasteiger partial charge on any atom is -0.393 e. The smallest absolute Gasteiger partial charge is 0.271 e. The molecule has 114 valence electrons. The van der Waals surface area contributed by atoms with Crippen LogP contribution in [0.3, 0.4) is 0 Å². The lowest BCUT2D eigenvalue weighted by Gasteiger charge is -2.21. The molecule has 2 rings (SSSR count). The van der Waals surface area contributed by atoms with E-state index < -0.39 is 0 Å². The van der Waals surface area contributed by atoms with Crippen molar-refractivity contribution >= 4 is 11.6 Å². The first-order valence-electron chi connectivity index (χ1n) is 7.01. The predicted molar refractivity (Wildman–Crippen MR) is 84.1 cm³/mol. The SMILES string of the molecule is CN(C)C1CCN(C(=O)/C(N)=C/N(N)c2ccccc2)C1. The van der Waals surface area contributed by atoms with Gasteiger partial charge in [0.05, 0.1) is 5.69 Å². The normalized spacial score (nSPS) is 19.1. The molecule has 1 aromatic rings. The van der Waals surface area contributed by atoms with Gasteiger partial charge in [-0.05, 0) is 32.6 Å². The molecule has 0 aromatic heterocycles. The maximum Gasteiger partial charge on any atom is 0.271 e. The van der Waals surface area contributed by atoms with Gasteiger partial charge in [-0.25, -0.2) is 5.84 Å². The molecule has 6 nitrogen and oxygen atoms in total. The van der Waals surface area contributed by atoms with Gasteiger partial charge < -0.3 is 15.5 Å². The van der Waals surface area contributed by atoms with Gasteiger partial charge in [0, 0.05) is 25.3 Å². The summed E-state index contributed by atoms with van der Waals surface area (Å²) >= 11 is 0. The van der Waals surface area contributed by atoms with Crippen LogP contribution in [0.15, 0.2) is 42.2 Å². The second kappa shape index (κ2) is 6.60. The zero-order valence-corrected chi connectivity index (χ0v) is 12.6. The molecule has 1 amide bonds. The van der Waals surface area contributed by atoms with E-state index in [4.69, 9.17) is 11.6 Å². The lowest BCUT2D eigenvalue weighted by Crippen LogP contribution is -2.38. The highest BCUT2D eigenvalue weighted by atomic mass is 16.2. The third kappa shape index (κ3) is 3.74. The molecule has 1 atom stereocenters. The first-order valence-corrected chi connectivity index (χ1v) is 7.01. The van der Waals surface area contributed by atoms with Gasteiger partial charge in [0.25, 0.3) is 5.91 Å². The van der Waals surface area contributed by atoms with Crippen molar-refractivity contribution in [3.63, 3.8) is 0 Å². The van der Waals surface area contributed by atoms with E-state index in [0.717, 1.165) is 18.7 Å². The topological polar surface area (TPSA) is 78.8 Å². The number of carbonyl (C=O) groups excluding carboxylic acids is 1. The van der Waals surface area contributed by atoms with Crippen LogP contribution in [0.25, 0.3) is 0 Å². The number of rotatable bonds is 4. The van der Waals surface area contributed by atoms with E-state index in [0.29, 0.717) is 12.6 Å². The number of hydrazine groups is 1. The number of amides is 1. The van der Waals surface area contributed by atoms with Gasteiger partial charge in [-0.3, -0.25) is 9.80 Å². The average molecular weight is 289 g/mol. The third-order valence-corrected chi connectivity index (χ3v) is 3.76. The van der Waals surface area contributed by atoms with Crippen molar-refractivity contribution in [3.05, 3.63) is 42.2 Å². The monoisotopic (exact) mass is 289 g/mol. The van der Waals surface area contributed by atoms with Gasteiger partial charge in [0.15, 0.2) is 0 Å². The van der Waals surface area contributed by atoms with Crippen LogP contribution in [0.1, 0.15) is 6.42 Å². The summed E-state index contributed by atoms with van der Waals surface area (Å²) < 4.78 is 0. The number of benzene rings is 1. The minimum atomic E-state index is -0.161. The maximum absolute atomic E-state index is 12.3. The van der Waals surface area contributed by atoms with Crippen LogP contribution in [0.4, 0.5) is 5.69 Å². The van der Waals surface area contributed by atoms with E-state index in [2.05, 4.69) is 4.90 Å². The summed E-state index contributed by atoms with van der Waals surface area (Å²) in [4.78, 5) is 16.2. The molecule has 1 fully saturated rings. The summed E-state index contributed by atoms with van der Waals surface area (Å²) in [7, 11) is 4.05. The Hall–Kier alpha value is -2.05. The zero-order valence-electron chi connectivity index (χ0n) is 12.6. The molecule has 21 heavy (non-hydrogen) atoms. The van der Waals surface area contributed by atoms with Crippen molar-refractivity contribution in [1.82, 2.24) is 9.80 Å². The Labute approximate surface area is 125 Å². The fraction of sp³-hybridized carbons (Fsp3) is 0.400. The van der Waals surface area contributed by atoms with Gasteiger partial charge in [0.1, 0.15) is 5.70 Å². The van der Waals surface area contributed by atoms with Crippen LogP contribution in [0.2, 0.25) is 0 Å². The Morgan fingerprint density at radius 3 is 2.57 bits per heavy atom. The maximum atomic E-state index is 12.3. The van der Waals surface area contributed by atoms with E-state index in [1.807, 2.05) is 44.4 Å². The Morgan fingerprint density at radius 2 is 2.00 bits per heavy atom. The number of hydrogen-bond donors (Lipinski definition) is 2. The molecule has 0 aliphatic carbocycles. The highest BCUT2D eigenvalue weighted by Gasteiger charge is 2.28. The van der Waals surface area contributed by atoms with Gasteiger partial charge in [0.2, 0.25) is 0 Å². The van der Waals surface area contributed by atoms with Gasteiger partial charge in [-0.15, -0.1) is 0 Å². The summed E-state index contributed by atoms with van der Waals surface area (Å²) in [6, 6.07) is 9.76. The molecule has 0 radical (unpaired) electrons. The number of likely N-dealkylation sites (N-methyl/N-ethyl adjacent to an activating group) is 1. The fourth-order valence-electron chi connectivity index (χ4n) is 2.41. The molecule has 0 spiro atoms. The molecule has 6 heteroatoms. The summed E-state index contributed by atoms with van der Waals surface area (Å²) in [5.74, 6) is 5.74. The summed E-state index contributed by atoms with van der Waals surface area (Å²) in [5.41, 5.74) is 6.82. The highest BCUT2D eigenvalue weighted by Crippen LogP contribution is 2.15. The van der Waals surface area contributed by atoms with Crippen LogP contribution in [0, 0.1) is 0 Å². The standard InChI is InChI=1S/C15H23N5O/c1-18(2)13-8-9-19(10-13)15(21)14(16)11-20(17)12-6-4-3-5-7-12/h3-7,11,13H,8-10,16-17H2,1-2H3/b14-11-. The largest absolute Gasteiger partial charge is 0.393 e. The molecular formula is C15H23N5O. The second-order valence-corrected chi connectivity index (χ2v) is 5.48. The zero-order chi connectivity index (χ0) is 15.4. The number of para-hydroxylation sites is 1. The Balaban J connectivity index is 2.01. The highest BCUT2D eigenvalue weighted by molar-refractivity contribution is 5.93. The Morgan fingerprint density at radius 1 is 1.33 bits per heavy atom. The molecule has 0 saturated carbocycles. The number of hydrogen-bond acceptors (Lipinski definition) is 5. The van der Waals surface area contributed by atoms with Crippen LogP contribution in [-0.2, 0) is 4.79 Å². The lowest BCUT2D eigenvalue weighted by molar-refractivity contribution is -0.126. The summed E-state index contributed by atoms with van der Waals surface area (Å²) in [6.45, 7) is 1.43. The van der Waals surface area contributed by atoms with Crippen molar-refractivity contribution in [1.29, 1.82) is 0 Å². The lowest BCUT2D eigenvalue weighted by atomic mass is 10.2. The van der Waals surface area contributed by atoms with Crippen molar-refractivity contribution in [2.45, 2.75) is 12.5 Å². The number of nitrogens with zero attached hydrogens (tertiary/aromatic N) is 3. The number of nitrogens with two attached hydrogens (primary N) is 2. The van der Waals surface area contributed by atoms with Gasteiger partial charge in [-0.1, -0.05) is 18.2 Å². The number of anilines is 1. The molecular weight excluding hydrogens is 266 g/mol. The molecule has 1 aliphatic heterocycles. The van der Waals surface area contributed by atoms with Gasteiger partial charge >= 0.3 is 0 Å². The van der Waals surface area contributed by atoms with Crippen LogP contribution in [-0.4, -0.2) is 48.9 Å². The third-order valence-electron chi connectivity index (χ3n) is 3.76. The Bertz CT molecular complexity index is 514. The summed E-state index contributed by atoms with van der Waals surface area (Å²) in [6.07, 6.45) is 2.44. The molecule has 0 bridgehead atoms. The number of likely N-dealkylation sites (tertiary alicyclic amines) is 1. The van der Waals surface area contributed by atoms with Crippen LogP contribution in [0.5, 0.6) is 0 Å². The minimum absolute atomic E-state index is 0.153. The molecule has 1 aliphatic rings. The van der Waals surface area contributed by atoms with E-state index in [1.165, 1.54) is 11.2 Å². The van der Waals surface area contributed by atoms with Crippen LogP contribution < -0.4 is 16.6 Å². The van der Waals surface area contributed by atoms with Crippen molar-refractivity contribution < 1.29 is 4.79 Å².